The molecular weight excluding hydrogens is 206 g/mol. The van der Waals surface area contributed by atoms with E-state index in [1.54, 1.807) is 0 Å². The molecule has 86 valence electrons. The second-order valence-electron chi connectivity index (χ2n) is 5.46. The lowest BCUT2D eigenvalue weighted by molar-refractivity contribution is -0.147. The van der Waals surface area contributed by atoms with Crippen molar-refractivity contribution in [1.82, 2.24) is 5.32 Å². The van der Waals surface area contributed by atoms with Crippen LogP contribution in [0.15, 0.2) is 0 Å². The molecule has 3 aliphatic rings. The Morgan fingerprint density at radius 3 is 2.33 bits per heavy atom. The molecule has 2 aliphatic heterocycles. The minimum absolute atomic E-state index is 0.0685. The smallest absolute Gasteiger partial charge is 0.120 e. The van der Waals surface area contributed by atoms with Gasteiger partial charge in [0.05, 0.1) is 6.61 Å². The Morgan fingerprint density at radius 2 is 1.73 bits per heavy atom. The number of thioether (sulfide) groups is 1. The molecule has 3 rings (SSSR count). The average molecular weight is 227 g/mol. The van der Waals surface area contributed by atoms with Crippen molar-refractivity contribution in [3.8, 4) is 0 Å². The van der Waals surface area contributed by atoms with Crippen LogP contribution in [-0.2, 0) is 4.74 Å². The number of hydrogen-bond acceptors (Lipinski definition) is 3. The standard InChI is InChI=1S/C12H21NOS/c1-2-4-11(3-1)9-13-12(14-10-11)5-7-15-8-6-12/h13H,1-10H2. The summed E-state index contributed by atoms with van der Waals surface area (Å²) < 4.78 is 6.22. The highest BCUT2D eigenvalue weighted by molar-refractivity contribution is 7.99. The second-order valence-corrected chi connectivity index (χ2v) is 6.68. The number of nitrogens with one attached hydrogen (secondary N) is 1. The SMILES string of the molecule is C1CCC2(C1)CNC1(CCSCC1)OC2. The first-order valence-corrected chi connectivity index (χ1v) is 7.45. The predicted octanol–water partition coefficient (Wildman–Crippen LogP) is 2.39. The summed E-state index contributed by atoms with van der Waals surface area (Å²) >= 11 is 2.07. The van der Waals surface area contributed by atoms with E-state index >= 15 is 0 Å². The fourth-order valence-electron chi connectivity index (χ4n) is 3.21. The highest BCUT2D eigenvalue weighted by atomic mass is 32.2. The molecule has 0 radical (unpaired) electrons. The van der Waals surface area contributed by atoms with Gasteiger partial charge in [0.2, 0.25) is 0 Å². The van der Waals surface area contributed by atoms with Crippen LogP contribution in [0.5, 0.6) is 0 Å². The lowest BCUT2D eigenvalue weighted by Gasteiger charge is -2.47. The monoisotopic (exact) mass is 227 g/mol. The van der Waals surface area contributed by atoms with Crippen molar-refractivity contribution >= 4 is 11.8 Å². The van der Waals surface area contributed by atoms with Crippen LogP contribution < -0.4 is 5.32 Å². The van der Waals surface area contributed by atoms with Gasteiger partial charge in [-0.05, 0) is 37.2 Å². The van der Waals surface area contributed by atoms with E-state index in [-0.39, 0.29) is 5.72 Å². The van der Waals surface area contributed by atoms with Crippen LogP contribution in [-0.4, -0.2) is 30.4 Å². The normalized spacial score (nSPS) is 33.6. The van der Waals surface area contributed by atoms with E-state index < -0.39 is 0 Å². The summed E-state index contributed by atoms with van der Waals surface area (Å²) in [7, 11) is 0. The first-order chi connectivity index (χ1) is 7.33. The van der Waals surface area contributed by atoms with Crippen LogP contribution in [0.3, 0.4) is 0 Å². The summed E-state index contributed by atoms with van der Waals surface area (Å²) in [6, 6.07) is 0. The molecule has 0 aromatic rings. The second kappa shape index (κ2) is 3.94. The molecule has 1 saturated carbocycles. The van der Waals surface area contributed by atoms with E-state index in [2.05, 4.69) is 17.1 Å². The number of rotatable bonds is 0. The summed E-state index contributed by atoms with van der Waals surface area (Å²) in [5.74, 6) is 2.53. The molecule has 1 N–H and O–H groups in total. The first kappa shape index (κ1) is 10.4. The van der Waals surface area contributed by atoms with Gasteiger partial charge in [-0.2, -0.15) is 11.8 Å². The van der Waals surface area contributed by atoms with E-state index in [0.717, 1.165) is 6.61 Å². The van der Waals surface area contributed by atoms with E-state index in [1.165, 1.54) is 56.6 Å². The third kappa shape index (κ3) is 1.94. The van der Waals surface area contributed by atoms with Gasteiger partial charge in [0, 0.05) is 12.0 Å². The van der Waals surface area contributed by atoms with Gasteiger partial charge >= 0.3 is 0 Å². The Kier molecular flexibility index (Phi) is 2.74. The van der Waals surface area contributed by atoms with Gasteiger partial charge < -0.3 is 4.74 Å². The molecular formula is C12H21NOS. The van der Waals surface area contributed by atoms with Crippen LogP contribution in [0.2, 0.25) is 0 Å². The van der Waals surface area contributed by atoms with Gasteiger partial charge in [-0.15, -0.1) is 0 Å². The van der Waals surface area contributed by atoms with Crippen LogP contribution in [0.1, 0.15) is 38.5 Å². The lowest BCUT2D eigenvalue weighted by Crippen LogP contribution is -2.59. The van der Waals surface area contributed by atoms with Crippen molar-refractivity contribution in [2.24, 2.45) is 5.41 Å². The molecule has 15 heavy (non-hydrogen) atoms. The largest absolute Gasteiger partial charge is 0.360 e. The van der Waals surface area contributed by atoms with Crippen LogP contribution in [0.4, 0.5) is 0 Å². The molecule has 0 aromatic heterocycles. The van der Waals surface area contributed by atoms with Crippen LogP contribution in [0, 0.1) is 5.41 Å². The molecule has 0 bridgehead atoms. The summed E-state index contributed by atoms with van der Waals surface area (Å²) in [6.45, 7) is 2.22. The summed E-state index contributed by atoms with van der Waals surface area (Å²) in [5.41, 5.74) is 0.578. The average Bonchev–Trinajstić information content (AvgIpc) is 2.74. The lowest BCUT2D eigenvalue weighted by atomic mass is 9.84. The van der Waals surface area contributed by atoms with Gasteiger partial charge in [-0.25, -0.2) is 0 Å². The molecule has 3 fully saturated rings. The fourth-order valence-corrected chi connectivity index (χ4v) is 4.36. The molecule has 3 heteroatoms. The van der Waals surface area contributed by atoms with Crippen molar-refractivity contribution in [1.29, 1.82) is 0 Å². The molecule has 2 saturated heterocycles. The van der Waals surface area contributed by atoms with Gasteiger partial charge in [-0.3, -0.25) is 5.32 Å². The first-order valence-electron chi connectivity index (χ1n) is 6.30. The van der Waals surface area contributed by atoms with E-state index in [9.17, 15) is 0 Å². The zero-order valence-electron chi connectivity index (χ0n) is 9.39. The third-order valence-electron chi connectivity index (χ3n) is 4.40. The Labute approximate surface area is 96.5 Å². The maximum absolute atomic E-state index is 6.22. The number of ether oxygens (including phenoxy) is 1. The van der Waals surface area contributed by atoms with E-state index in [0.29, 0.717) is 5.41 Å². The zero-order chi connectivity index (χ0) is 10.2. The van der Waals surface area contributed by atoms with Crippen molar-refractivity contribution in [2.45, 2.75) is 44.2 Å². The molecule has 0 unspecified atom stereocenters. The molecule has 2 spiro atoms. The molecule has 2 heterocycles. The van der Waals surface area contributed by atoms with Crippen molar-refractivity contribution in [3.05, 3.63) is 0 Å². The highest BCUT2D eigenvalue weighted by Crippen LogP contribution is 2.43. The minimum Gasteiger partial charge on any atom is -0.360 e. The Hall–Kier alpha value is 0.270. The predicted molar refractivity (Wildman–Crippen MR) is 64.1 cm³/mol. The summed E-state index contributed by atoms with van der Waals surface area (Å²) in [4.78, 5) is 0. The van der Waals surface area contributed by atoms with Crippen molar-refractivity contribution in [2.75, 3.05) is 24.7 Å². The molecule has 2 nitrogen and oxygen atoms in total. The molecule has 0 aromatic carbocycles. The van der Waals surface area contributed by atoms with Gasteiger partial charge in [-0.1, -0.05) is 12.8 Å². The molecule has 0 atom stereocenters. The van der Waals surface area contributed by atoms with Crippen LogP contribution in [0.25, 0.3) is 0 Å². The van der Waals surface area contributed by atoms with Crippen molar-refractivity contribution in [3.63, 3.8) is 0 Å². The van der Waals surface area contributed by atoms with E-state index in [4.69, 9.17) is 4.74 Å². The number of hydrogen-bond donors (Lipinski definition) is 1. The van der Waals surface area contributed by atoms with Crippen LogP contribution >= 0.6 is 11.8 Å². The Balaban J connectivity index is 1.63. The molecule has 1 aliphatic carbocycles. The Bertz CT molecular complexity index is 220. The summed E-state index contributed by atoms with van der Waals surface area (Å²) in [5, 5.41) is 3.73. The van der Waals surface area contributed by atoms with E-state index in [1.807, 2.05) is 0 Å². The Morgan fingerprint density at radius 1 is 1.00 bits per heavy atom. The minimum atomic E-state index is 0.0685. The quantitative estimate of drug-likeness (QED) is 0.686. The van der Waals surface area contributed by atoms with Gasteiger partial charge in [0.25, 0.3) is 0 Å². The maximum Gasteiger partial charge on any atom is 0.120 e. The highest BCUT2D eigenvalue weighted by Gasteiger charge is 2.44. The van der Waals surface area contributed by atoms with Gasteiger partial charge in [0.1, 0.15) is 5.72 Å². The maximum atomic E-state index is 6.22. The third-order valence-corrected chi connectivity index (χ3v) is 5.39. The fraction of sp³-hybridized carbons (Fsp3) is 1.00. The van der Waals surface area contributed by atoms with Crippen molar-refractivity contribution < 1.29 is 4.74 Å². The van der Waals surface area contributed by atoms with Gasteiger partial charge in [0.15, 0.2) is 0 Å². The topological polar surface area (TPSA) is 21.3 Å². The molecule has 0 amide bonds. The summed E-state index contributed by atoms with van der Waals surface area (Å²) in [6.07, 6.45) is 7.99. The zero-order valence-corrected chi connectivity index (χ0v) is 10.2.